The molecule has 2 aromatic carbocycles. The van der Waals surface area contributed by atoms with Crippen LogP contribution in [0.2, 0.25) is 0 Å². The van der Waals surface area contributed by atoms with Gasteiger partial charge in [0, 0.05) is 28.1 Å². The Morgan fingerprint density at radius 3 is 2.45 bits per heavy atom. The first-order chi connectivity index (χ1) is 26.9. The summed E-state index contributed by atoms with van der Waals surface area (Å²) in [5, 5.41) is 15.6. The predicted octanol–water partition coefficient (Wildman–Crippen LogP) is 6.78. The normalized spacial score (nSPS) is 20.5. The van der Waals surface area contributed by atoms with Crippen molar-refractivity contribution in [2.75, 3.05) is 26.9 Å². The van der Waals surface area contributed by atoms with Crippen molar-refractivity contribution >= 4 is 44.4 Å². The van der Waals surface area contributed by atoms with Gasteiger partial charge >= 0.3 is 0 Å². The Balaban J connectivity index is 1.35. The summed E-state index contributed by atoms with van der Waals surface area (Å²) >= 11 is 0. The van der Waals surface area contributed by atoms with E-state index in [1.165, 1.54) is 12.0 Å². The molecule has 298 valence electrons. The van der Waals surface area contributed by atoms with Crippen molar-refractivity contribution in [3.05, 3.63) is 70.5 Å². The number of aliphatic hydroxyl groups excluding tert-OH is 1. The number of sulfonamides is 1. The number of methoxy groups -OCH3 is 1. The fraction of sp³-hybridized carbons (Fsp3) is 0.512. The predicted molar refractivity (Wildman–Crippen MR) is 216 cm³/mol. The third-order valence-electron chi connectivity index (χ3n) is 12.2. The molecule has 0 spiro atoms. The van der Waals surface area contributed by atoms with Crippen molar-refractivity contribution in [1.29, 1.82) is 0 Å². The second-order valence-electron chi connectivity index (χ2n) is 16.5. The van der Waals surface area contributed by atoms with E-state index < -0.39 is 27.2 Å². The quantitative estimate of drug-likeness (QED) is 0.179. The highest BCUT2D eigenvalue weighted by atomic mass is 32.2. The number of nitrogens with zero attached hydrogens (tertiary/aromatic N) is 4. The Morgan fingerprint density at radius 1 is 1.00 bits per heavy atom. The van der Waals surface area contributed by atoms with E-state index in [1.807, 2.05) is 47.7 Å². The number of hydrogen-bond donors (Lipinski definition) is 2. The number of carbonyl (C=O) groups is 2. The Kier molecular flexibility index (Phi) is 10.4. The summed E-state index contributed by atoms with van der Waals surface area (Å²) in [6.07, 6.45) is 11.4. The summed E-state index contributed by atoms with van der Waals surface area (Å²) < 4.78 is 43.7. The molecule has 1 saturated heterocycles. The van der Waals surface area contributed by atoms with Gasteiger partial charge in [-0.3, -0.25) is 14.3 Å². The molecule has 2 saturated carbocycles. The van der Waals surface area contributed by atoms with Crippen LogP contribution in [0.3, 0.4) is 0 Å². The molecule has 8 rings (SSSR count). The molecule has 3 fully saturated rings. The third-order valence-corrected chi connectivity index (χ3v) is 13.9. The fourth-order valence-electron chi connectivity index (χ4n) is 9.06. The van der Waals surface area contributed by atoms with Crippen molar-refractivity contribution in [2.24, 2.45) is 5.92 Å². The second kappa shape index (κ2) is 15.1. The highest BCUT2D eigenvalue weighted by molar-refractivity contribution is 7.90. The molecule has 2 atom stereocenters. The zero-order chi connectivity index (χ0) is 39.5. The molecule has 2 aliphatic carbocycles. The molecule has 2 N–H and O–H groups in total. The number of benzene rings is 2. The molecule has 0 bridgehead atoms. The molecule has 56 heavy (non-hydrogen) atoms. The van der Waals surface area contributed by atoms with E-state index in [0.717, 1.165) is 71.8 Å². The molecule has 13 heteroatoms. The lowest BCUT2D eigenvalue weighted by atomic mass is 9.81. The molecular formula is C43H53N5O7S. The van der Waals surface area contributed by atoms with Gasteiger partial charge in [-0.1, -0.05) is 25.3 Å². The zero-order valence-corrected chi connectivity index (χ0v) is 33.8. The van der Waals surface area contributed by atoms with Gasteiger partial charge < -0.3 is 24.0 Å². The lowest BCUT2D eigenvalue weighted by Gasteiger charge is -2.41. The number of hydrogen-bond acceptors (Lipinski definition) is 8. The number of nitrogens with one attached hydrogen (secondary N) is 1. The molecule has 2 unspecified atom stereocenters. The standard InChI is InChI=1S/C43H53N5O7S/c1-25(2)48-40(36(20-44-48)43(51)47-32(22-49)23-55-24-38(47)27-11-12-27)31-17-30-18-33(54-5)14-16-34(30)41-39(28-9-7-6-8-10-28)35-15-13-29(19-37(35)46(41)21-31)42(50)45-56(52,53)26(3)4/h13-20,25-28,32,38,49H,6-12,21-24H2,1-5H3,(H,45,50). The smallest absolute Gasteiger partial charge is 0.264 e. The van der Waals surface area contributed by atoms with Crippen LogP contribution in [0, 0.1) is 5.92 Å². The number of allylic oxidation sites excluding steroid dienone is 1. The van der Waals surface area contributed by atoms with Crippen LogP contribution in [-0.4, -0.2) is 88.9 Å². The Labute approximate surface area is 328 Å². The van der Waals surface area contributed by atoms with Gasteiger partial charge in [-0.2, -0.15) is 5.10 Å². The van der Waals surface area contributed by atoms with Crippen molar-refractivity contribution in [3.63, 3.8) is 0 Å². The van der Waals surface area contributed by atoms with Gasteiger partial charge in [-0.25, -0.2) is 13.1 Å². The summed E-state index contributed by atoms with van der Waals surface area (Å²) in [5.41, 5.74) is 7.30. The molecule has 12 nitrogen and oxygen atoms in total. The first-order valence-electron chi connectivity index (χ1n) is 20.1. The van der Waals surface area contributed by atoms with Crippen molar-refractivity contribution in [1.82, 2.24) is 24.0 Å². The van der Waals surface area contributed by atoms with E-state index >= 15 is 0 Å². The number of carbonyl (C=O) groups excluding carboxylic acids is 2. The lowest BCUT2D eigenvalue weighted by molar-refractivity contribution is -0.0560. The maximum atomic E-state index is 15.0. The number of fused-ring (bicyclic) bond motifs is 5. The van der Waals surface area contributed by atoms with E-state index in [9.17, 15) is 23.1 Å². The van der Waals surface area contributed by atoms with Crippen molar-refractivity contribution in [2.45, 2.75) is 108 Å². The molecule has 0 radical (unpaired) electrons. The summed E-state index contributed by atoms with van der Waals surface area (Å²) in [5.74, 6) is 0.475. The average Bonchev–Trinajstić information content (AvgIpc) is 3.90. The van der Waals surface area contributed by atoms with Crippen LogP contribution in [0.1, 0.15) is 122 Å². The molecule has 4 aromatic rings. The van der Waals surface area contributed by atoms with Gasteiger partial charge in [0.15, 0.2) is 0 Å². The van der Waals surface area contributed by atoms with Crippen LogP contribution in [0.5, 0.6) is 5.75 Å². The van der Waals surface area contributed by atoms with Crippen LogP contribution in [-0.2, 0) is 21.3 Å². The van der Waals surface area contributed by atoms with Gasteiger partial charge in [0.05, 0.1) is 74.0 Å². The largest absolute Gasteiger partial charge is 0.497 e. The molecule has 4 aliphatic rings. The molecule has 4 heterocycles. The average molecular weight is 784 g/mol. The fourth-order valence-corrected chi connectivity index (χ4v) is 9.67. The minimum absolute atomic E-state index is 0.0880. The van der Waals surface area contributed by atoms with Gasteiger partial charge in [-0.15, -0.1) is 0 Å². The molecule has 2 aliphatic heterocycles. The summed E-state index contributed by atoms with van der Waals surface area (Å²) in [6.45, 7) is 8.03. The van der Waals surface area contributed by atoms with Crippen LogP contribution in [0.15, 0.2) is 42.6 Å². The number of amides is 2. The number of ether oxygens (including phenoxy) is 2. The van der Waals surface area contributed by atoms with E-state index in [2.05, 4.69) is 21.4 Å². The van der Waals surface area contributed by atoms with E-state index in [-0.39, 0.29) is 42.7 Å². The first kappa shape index (κ1) is 38.4. The van der Waals surface area contributed by atoms with Crippen LogP contribution < -0.4 is 9.46 Å². The Hall–Kier alpha value is -4.46. The topological polar surface area (TPSA) is 145 Å². The lowest BCUT2D eigenvalue weighted by Crippen LogP contribution is -2.57. The van der Waals surface area contributed by atoms with E-state index in [1.54, 1.807) is 33.2 Å². The van der Waals surface area contributed by atoms with Crippen LogP contribution in [0.25, 0.3) is 33.8 Å². The zero-order valence-electron chi connectivity index (χ0n) is 33.0. The van der Waals surface area contributed by atoms with Gasteiger partial charge in [0.25, 0.3) is 11.8 Å². The number of aliphatic hydroxyl groups is 1. The number of morpholine rings is 1. The molecule has 2 aromatic heterocycles. The second-order valence-corrected chi connectivity index (χ2v) is 18.7. The summed E-state index contributed by atoms with van der Waals surface area (Å²) in [4.78, 5) is 30.4. The monoisotopic (exact) mass is 783 g/mol. The van der Waals surface area contributed by atoms with Gasteiger partial charge in [0.2, 0.25) is 10.0 Å². The Morgan fingerprint density at radius 2 is 1.77 bits per heavy atom. The summed E-state index contributed by atoms with van der Waals surface area (Å²) in [6, 6.07) is 10.9. The van der Waals surface area contributed by atoms with Crippen molar-refractivity contribution in [3.8, 4) is 17.0 Å². The third kappa shape index (κ3) is 6.85. The van der Waals surface area contributed by atoms with Gasteiger partial charge in [0.1, 0.15) is 5.75 Å². The minimum atomic E-state index is -3.86. The SMILES string of the molecule is COc1ccc2c(c1)C=C(c1c(C(=O)N3C(CO)COCC3C3CC3)cnn1C(C)C)Cn1c-2c(C2CCCCC2)c2ccc(C(=O)NS(=O)(=O)C(C)C)cc21. The number of aromatic nitrogens is 3. The molecule has 2 amide bonds. The van der Waals surface area contributed by atoms with Crippen molar-refractivity contribution < 1.29 is 32.6 Å². The molecular weight excluding hydrogens is 731 g/mol. The highest BCUT2D eigenvalue weighted by Crippen LogP contribution is 2.48. The highest BCUT2D eigenvalue weighted by Gasteiger charge is 2.44. The summed E-state index contributed by atoms with van der Waals surface area (Å²) in [7, 11) is -2.21. The number of rotatable bonds is 10. The first-order valence-corrected chi connectivity index (χ1v) is 21.7. The minimum Gasteiger partial charge on any atom is -0.497 e. The van der Waals surface area contributed by atoms with E-state index in [4.69, 9.17) is 14.6 Å². The van der Waals surface area contributed by atoms with Crippen LogP contribution >= 0.6 is 0 Å². The van der Waals surface area contributed by atoms with E-state index in [0.29, 0.717) is 36.1 Å². The van der Waals surface area contributed by atoms with Crippen LogP contribution in [0.4, 0.5) is 0 Å². The Bertz CT molecular complexity index is 2310. The maximum absolute atomic E-state index is 15.0. The maximum Gasteiger partial charge on any atom is 0.264 e. The van der Waals surface area contributed by atoms with Gasteiger partial charge in [-0.05, 0) is 118 Å².